The number of nitrogens with zero attached hydrogens (tertiary/aromatic N) is 4. The van der Waals surface area contributed by atoms with Gasteiger partial charge in [0.25, 0.3) is 0 Å². The third-order valence-corrected chi connectivity index (χ3v) is 4.37. The Morgan fingerprint density at radius 2 is 1.88 bits per heavy atom. The fourth-order valence-corrected chi connectivity index (χ4v) is 3.02. The first kappa shape index (κ1) is 16.7. The highest BCUT2D eigenvalue weighted by molar-refractivity contribution is 5.48. The van der Waals surface area contributed by atoms with Crippen LogP contribution in [0, 0.1) is 0 Å². The van der Waals surface area contributed by atoms with Crippen LogP contribution in [0.4, 0.5) is 11.8 Å². The van der Waals surface area contributed by atoms with Crippen molar-refractivity contribution in [3.05, 3.63) is 47.7 Å². The second-order valence-corrected chi connectivity index (χ2v) is 6.02. The number of aliphatic hydroxyl groups is 1. The molecule has 24 heavy (non-hydrogen) atoms. The first-order valence-corrected chi connectivity index (χ1v) is 8.46. The maximum Gasteiger partial charge on any atom is 0.227 e. The highest BCUT2D eigenvalue weighted by Crippen LogP contribution is 2.18. The SMILES string of the molecule is CNc1nc(N2CCN(Cc3ccccc3)CC2)ncc1CCO. The lowest BCUT2D eigenvalue weighted by Gasteiger charge is -2.34. The molecule has 0 aliphatic carbocycles. The van der Waals surface area contributed by atoms with Gasteiger partial charge in [0.2, 0.25) is 5.95 Å². The number of aromatic nitrogens is 2. The first-order valence-electron chi connectivity index (χ1n) is 8.46. The fraction of sp³-hybridized carbons (Fsp3) is 0.444. The number of benzene rings is 1. The average molecular weight is 327 g/mol. The summed E-state index contributed by atoms with van der Waals surface area (Å²) in [5.74, 6) is 1.57. The van der Waals surface area contributed by atoms with Crippen LogP contribution in [0.5, 0.6) is 0 Å². The Bertz CT molecular complexity index is 641. The summed E-state index contributed by atoms with van der Waals surface area (Å²) in [6, 6.07) is 10.6. The van der Waals surface area contributed by atoms with Gasteiger partial charge in [-0.1, -0.05) is 30.3 Å². The standard InChI is InChI=1S/C18H25N5O/c1-19-17-16(7-12-24)13-20-18(21-17)23-10-8-22(9-11-23)14-15-5-3-2-4-6-15/h2-6,13,24H,7-12,14H2,1H3,(H,19,20,21). The van der Waals surface area contributed by atoms with Crippen molar-refractivity contribution in [3.63, 3.8) is 0 Å². The highest BCUT2D eigenvalue weighted by Gasteiger charge is 2.20. The van der Waals surface area contributed by atoms with Gasteiger partial charge in [-0.2, -0.15) is 4.98 Å². The molecule has 6 nitrogen and oxygen atoms in total. The third kappa shape index (κ3) is 4.01. The molecule has 0 atom stereocenters. The smallest absolute Gasteiger partial charge is 0.227 e. The lowest BCUT2D eigenvalue weighted by molar-refractivity contribution is 0.248. The second-order valence-electron chi connectivity index (χ2n) is 6.02. The lowest BCUT2D eigenvalue weighted by Crippen LogP contribution is -2.46. The number of hydrogen-bond donors (Lipinski definition) is 2. The van der Waals surface area contributed by atoms with Gasteiger partial charge in [-0.15, -0.1) is 0 Å². The maximum atomic E-state index is 9.11. The van der Waals surface area contributed by atoms with E-state index in [0.29, 0.717) is 6.42 Å². The van der Waals surface area contributed by atoms with Crippen LogP contribution >= 0.6 is 0 Å². The predicted octanol–water partition coefficient (Wildman–Crippen LogP) is 1.38. The van der Waals surface area contributed by atoms with Gasteiger partial charge in [-0.3, -0.25) is 4.90 Å². The molecule has 2 heterocycles. The normalized spacial score (nSPS) is 15.5. The number of aliphatic hydroxyl groups excluding tert-OH is 1. The van der Waals surface area contributed by atoms with Gasteiger partial charge >= 0.3 is 0 Å². The van der Waals surface area contributed by atoms with Crippen molar-refractivity contribution in [1.82, 2.24) is 14.9 Å². The van der Waals surface area contributed by atoms with Crippen molar-refractivity contribution in [3.8, 4) is 0 Å². The molecular formula is C18H25N5O. The quantitative estimate of drug-likeness (QED) is 0.836. The summed E-state index contributed by atoms with van der Waals surface area (Å²) < 4.78 is 0. The van der Waals surface area contributed by atoms with Gasteiger partial charge in [0.15, 0.2) is 0 Å². The van der Waals surface area contributed by atoms with E-state index in [9.17, 15) is 0 Å². The van der Waals surface area contributed by atoms with Crippen molar-refractivity contribution in [1.29, 1.82) is 0 Å². The number of piperazine rings is 1. The van der Waals surface area contributed by atoms with E-state index in [-0.39, 0.29) is 6.61 Å². The average Bonchev–Trinajstić information content (AvgIpc) is 2.64. The minimum absolute atomic E-state index is 0.107. The molecule has 128 valence electrons. The van der Waals surface area contributed by atoms with Crippen molar-refractivity contribution < 1.29 is 5.11 Å². The van der Waals surface area contributed by atoms with Crippen molar-refractivity contribution in [2.75, 3.05) is 50.1 Å². The molecule has 3 rings (SSSR count). The molecule has 0 radical (unpaired) electrons. The Labute approximate surface area is 143 Å². The van der Waals surface area contributed by atoms with E-state index in [4.69, 9.17) is 5.11 Å². The van der Waals surface area contributed by atoms with Gasteiger partial charge in [0, 0.05) is 64.6 Å². The van der Waals surface area contributed by atoms with Crippen LogP contribution in [-0.4, -0.2) is 59.8 Å². The number of anilines is 2. The molecule has 0 amide bonds. The van der Waals surface area contributed by atoms with Gasteiger partial charge in [-0.25, -0.2) is 4.98 Å². The van der Waals surface area contributed by atoms with Gasteiger partial charge in [0.1, 0.15) is 5.82 Å². The Kier molecular flexibility index (Phi) is 5.61. The summed E-state index contributed by atoms with van der Waals surface area (Å²) in [5, 5.41) is 12.2. The number of nitrogens with one attached hydrogen (secondary N) is 1. The predicted molar refractivity (Wildman–Crippen MR) is 96.3 cm³/mol. The zero-order chi connectivity index (χ0) is 16.8. The molecule has 1 aliphatic rings. The minimum Gasteiger partial charge on any atom is -0.396 e. The van der Waals surface area contributed by atoms with E-state index < -0.39 is 0 Å². The van der Waals surface area contributed by atoms with Crippen molar-refractivity contribution >= 4 is 11.8 Å². The summed E-state index contributed by atoms with van der Waals surface area (Å²) in [4.78, 5) is 13.8. The molecule has 1 fully saturated rings. The molecule has 1 aromatic carbocycles. The van der Waals surface area contributed by atoms with Crippen LogP contribution in [0.3, 0.4) is 0 Å². The fourth-order valence-electron chi connectivity index (χ4n) is 3.02. The van der Waals surface area contributed by atoms with Crippen molar-refractivity contribution in [2.45, 2.75) is 13.0 Å². The number of rotatable bonds is 6. The van der Waals surface area contributed by atoms with Crippen LogP contribution in [0.15, 0.2) is 36.5 Å². The Morgan fingerprint density at radius 3 is 2.54 bits per heavy atom. The van der Waals surface area contributed by atoms with Gasteiger partial charge in [0.05, 0.1) is 0 Å². The molecule has 0 spiro atoms. The zero-order valence-electron chi connectivity index (χ0n) is 14.1. The summed E-state index contributed by atoms with van der Waals surface area (Å²) in [7, 11) is 1.85. The molecular weight excluding hydrogens is 302 g/mol. The van der Waals surface area contributed by atoms with Gasteiger partial charge < -0.3 is 15.3 Å². The van der Waals surface area contributed by atoms with Crippen LogP contribution < -0.4 is 10.2 Å². The van der Waals surface area contributed by atoms with E-state index in [2.05, 4.69) is 55.4 Å². The zero-order valence-corrected chi connectivity index (χ0v) is 14.1. The minimum atomic E-state index is 0.107. The largest absolute Gasteiger partial charge is 0.396 e. The summed E-state index contributed by atoms with van der Waals surface area (Å²) in [5.41, 5.74) is 2.31. The summed E-state index contributed by atoms with van der Waals surface area (Å²) in [6.07, 6.45) is 2.39. The molecule has 0 unspecified atom stereocenters. The van der Waals surface area contributed by atoms with Gasteiger partial charge in [-0.05, 0) is 5.56 Å². The number of hydrogen-bond acceptors (Lipinski definition) is 6. The Morgan fingerprint density at radius 1 is 1.12 bits per heavy atom. The van der Waals surface area contributed by atoms with Crippen molar-refractivity contribution in [2.24, 2.45) is 0 Å². The summed E-state index contributed by atoms with van der Waals surface area (Å²) >= 11 is 0. The lowest BCUT2D eigenvalue weighted by atomic mass is 10.2. The third-order valence-electron chi connectivity index (χ3n) is 4.37. The second kappa shape index (κ2) is 8.08. The van der Waals surface area contributed by atoms with E-state index in [1.54, 1.807) is 0 Å². The molecule has 0 saturated carbocycles. The highest BCUT2D eigenvalue weighted by atomic mass is 16.3. The summed E-state index contributed by atoms with van der Waals surface area (Å²) in [6.45, 7) is 4.96. The monoisotopic (exact) mass is 327 g/mol. The molecule has 2 aromatic rings. The molecule has 2 N–H and O–H groups in total. The molecule has 1 saturated heterocycles. The van der Waals surface area contributed by atoms with Crippen LogP contribution in [0.1, 0.15) is 11.1 Å². The van der Waals surface area contributed by atoms with Crippen LogP contribution in [0.25, 0.3) is 0 Å². The van der Waals surface area contributed by atoms with E-state index in [1.807, 2.05) is 13.2 Å². The van der Waals surface area contributed by atoms with E-state index in [0.717, 1.165) is 50.1 Å². The topological polar surface area (TPSA) is 64.5 Å². The maximum absolute atomic E-state index is 9.11. The molecule has 1 aliphatic heterocycles. The first-order chi connectivity index (χ1) is 11.8. The van der Waals surface area contributed by atoms with E-state index in [1.165, 1.54) is 5.56 Å². The van der Waals surface area contributed by atoms with E-state index >= 15 is 0 Å². The molecule has 1 aromatic heterocycles. The van der Waals surface area contributed by atoms with Crippen LogP contribution in [0.2, 0.25) is 0 Å². The molecule has 0 bridgehead atoms. The Hall–Kier alpha value is -2.18. The Balaban J connectivity index is 1.60. The molecule has 6 heteroatoms. The van der Waals surface area contributed by atoms with Crippen LogP contribution in [-0.2, 0) is 13.0 Å².